The molecule has 2 aromatic carbocycles. The van der Waals surface area contributed by atoms with Crippen molar-refractivity contribution in [3.63, 3.8) is 0 Å². The zero-order valence-corrected chi connectivity index (χ0v) is 20.0. The first-order valence-electron chi connectivity index (χ1n) is 10.5. The van der Waals surface area contributed by atoms with Crippen molar-refractivity contribution in [2.45, 2.75) is 64.3 Å². The van der Waals surface area contributed by atoms with Crippen molar-refractivity contribution in [3.8, 4) is 11.5 Å². The third-order valence-corrected chi connectivity index (χ3v) is 5.15. The molecule has 0 radical (unpaired) electrons. The third kappa shape index (κ3) is 8.13. The van der Waals surface area contributed by atoms with Crippen LogP contribution in [0.25, 0.3) is 0 Å². The Morgan fingerprint density at radius 1 is 1.03 bits per heavy atom. The molecule has 0 aliphatic carbocycles. The summed E-state index contributed by atoms with van der Waals surface area (Å²) >= 11 is 6.30. The van der Waals surface area contributed by atoms with Gasteiger partial charge in [-0.05, 0) is 82.9 Å². The van der Waals surface area contributed by atoms with Crippen molar-refractivity contribution in [2.24, 2.45) is 0 Å². The van der Waals surface area contributed by atoms with E-state index in [9.17, 15) is 27.9 Å². The molecule has 0 saturated carbocycles. The molecule has 0 aliphatic rings. The number of carboxylic acid groups (broad SMARTS) is 1. The predicted molar refractivity (Wildman–Crippen MR) is 121 cm³/mol. The summed E-state index contributed by atoms with van der Waals surface area (Å²) in [5, 5.41) is 12.3. The molecule has 6 nitrogen and oxygen atoms in total. The number of benzene rings is 2. The highest BCUT2D eigenvalue weighted by Crippen LogP contribution is 2.34. The van der Waals surface area contributed by atoms with Crippen LogP contribution < -0.4 is 10.1 Å². The lowest BCUT2D eigenvalue weighted by Crippen LogP contribution is -2.53. The van der Waals surface area contributed by atoms with Crippen LogP contribution in [0, 0.1) is 0 Å². The first-order chi connectivity index (χ1) is 15.6. The smallest absolute Gasteiger partial charge is 0.416 e. The van der Waals surface area contributed by atoms with Crippen LogP contribution in [0.3, 0.4) is 0 Å². The molecule has 1 amide bonds. The van der Waals surface area contributed by atoms with E-state index in [0.29, 0.717) is 23.4 Å². The number of aliphatic carboxylic acids is 1. The minimum atomic E-state index is -4.48. The van der Waals surface area contributed by atoms with E-state index in [2.05, 4.69) is 5.32 Å². The summed E-state index contributed by atoms with van der Waals surface area (Å²) in [4.78, 5) is 23.8. The number of carbonyl (C=O) groups is 2. The number of ether oxygens (including phenoxy) is 2. The maximum atomic E-state index is 12.9. The number of hydrogen-bond donors (Lipinski definition) is 2. The minimum Gasteiger partial charge on any atom is -0.480 e. The monoisotopic (exact) mass is 501 g/mol. The van der Waals surface area contributed by atoms with Crippen LogP contribution in [0.2, 0.25) is 5.02 Å². The van der Waals surface area contributed by atoms with E-state index in [1.165, 1.54) is 25.1 Å². The lowest BCUT2D eigenvalue weighted by molar-refractivity contribution is -0.144. The summed E-state index contributed by atoms with van der Waals surface area (Å²) in [6, 6.07) is 9.20. The summed E-state index contributed by atoms with van der Waals surface area (Å²) in [6.07, 6.45) is -4.41. The van der Waals surface area contributed by atoms with Crippen LogP contribution >= 0.6 is 11.6 Å². The number of aryl methyl sites for hydroxylation is 1. The third-order valence-electron chi connectivity index (χ3n) is 4.79. The van der Waals surface area contributed by atoms with E-state index >= 15 is 0 Å². The van der Waals surface area contributed by atoms with E-state index < -0.39 is 34.9 Å². The normalized spacial score (nSPS) is 13.6. The van der Waals surface area contributed by atoms with E-state index in [-0.39, 0.29) is 17.9 Å². The Balaban J connectivity index is 2.01. The SMILES string of the molecule is CC(C)(C)OC(=O)N[C@](C)(CCCc1ccc(Oc2cccc(C(F)(F)F)c2)cc1Cl)C(=O)O. The molecule has 0 heterocycles. The Labute approximate surface area is 201 Å². The zero-order valence-electron chi connectivity index (χ0n) is 19.3. The van der Waals surface area contributed by atoms with Gasteiger partial charge < -0.3 is 19.9 Å². The maximum Gasteiger partial charge on any atom is 0.416 e. The number of halogens is 4. The van der Waals surface area contributed by atoms with Gasteiger partial charge in [-0.3, -0.25) is 0 Å². The quantitative estimate of drug-likeness (QED) is 0.413. The van der Waals surface area contributed by atoms with Crippen molar-refractivity contribution in [3.05, 3.63) is 58.6 Å². The molecule has 0 aromatic heterocycles. The van der Waals surface area contributed by atoms with Crippen molar-refractivity contribution in [2.75, 3.05) is 0 Å². The second-order valence-corrected chi connectivity index (χ2v) is 9.41. The predicted octanol–water partition coefficient (Wildman–Crippen LogP) is 6.84. The number of amides is 1. The highest BCUT2D eigenvalue weighted by atomic mass is 35.5. The van der Waals surface area contributed by atoms with Crippen LogP contribution in [0.15, 0.2) is 42.5 Å². The number of carbonyl (C=O) groups excluding carboxylic acids is 1. The number of hydrogen-bond acceptors (Lipinski definition) is 4. The highest BCUT2D eigenvalue weighted by molar-refractivity contribution is 6.31. The lowest BCUT2D eigenvalue weighted by atomic mass is 9.93. The van der Waals surface area contributed by atoms with E-state index in [4.69, 9.17) is 21.1 Å². The van der Waals surface area contributed by atoms with Crippen molar-refractivity contribution in [1.82, 2.24) is 5.32 Å². The summed E-state index contributed by atoms with van der Waals surface area (Å²) in [7, 11) is 0. The number of carboxylic acids is 1. The lowest BCUT2D eigenvalue weighted by Gasteiger charge is -2.28. The Hall–Kier alpha value is -2.94. The van der Waals surface area contributed by atoms with Gasteiger partial charge in [0.05, 0.1) is 5.56 Å². The van der Waals surface area contributed by atoms with Gasteiger partial charge in [-0.2, -0.15) is 13.2 Å². The Bertz CT molecular complexity index is 1040. The number of rotatable bonds is 8. The topological polar surface area (TPSA) is 84.9 Å². The van der Waals surface area contributed by atoms with Crippen LogP contribution in [0.1, 0.15) is 51.7 Å². The standard InChI is InChI=1S/C24H27ClF3NO5/c1-22(2,3)34-21(32)29-23(4,20(30)31)12-6-7-15-10-11-18(14-19(15)25)33-17-9-5-8-16(13-17)24(26,27)28/h5,8-11,13-14H,6-7,12H2,1-4H3,(H,29,32)(H,30,31)/t23-/m1/s1. The van der Waals surface area contributed by atoms with E-state index in [1.54, 1.807) is 32.9 Å². The average Bonchev–Trinajstić information content (AvgIpc) is 2.67. The Morgan fingerprint density at radius 3 is 2.24 bits per heavy atom. The van der Waals surface area contributed by atoms with Gasteiger partial charge in [0.15, 0.2) is 0 Å². The molecule has 0 bridgehead atoms. The van der Waals surface area contributed by atoms with Gasteiger partial charge >= 0.3 is 18.2 Å². The molecule has 2 aromatic rings. The van der Waals surface area contributed by atoms with Gasteiger partial charge in [-0.1, -0.05) is 23.7 Å². The first-order valence-corrected chi connectivity index (χ1v) is 10.8. The summed E-state index contributed by atoms with van der Waals surface area (Å²) in [5.74, 6) is -0.923. The molecular weight excluding hydrogens is 475 g/mol. The fourth-order valence-electron chi connectivity index (χ4n) is 3.05. The van der Waals surface area contributed by atoms with Gasteiger partial charge in [0, 0.05) is 5.02 Å². The van der Waals surface area contributed by atoms with Gasteiger partial charge in [-0.25, -0.2) is 9.59 Å². The molecule has 1 atom stereocenters. The van der Waals surface area contributed by atoms with Gasteiger partial charge in [0.2, 0.25) is 0 Å². The molecule has 2 N–H and O–H groups in total. The van der Waals surface area contributed by atoms with Crippen LogP contribution in [-0.2, 0) is 22.1 Å². The number of alkyl halides is 3. The molecule has 34 heavy (non-hydrogen) atoms. The largest absolute Gasteiger partial charge is 0.480 e. The van der Waals surface area contributed by atoms with E-state index in [1.807, 2.05) is 0 Å². The molecule has 0 aliphatic heterocycles. The molecule has 0 saturated heterocycles. The van der Waals surface area contributed by atoms with Crippen LogP contribution in [0.4, 0.5) is 18.0 Å². The van der Waals surface area contributed by atoms with Gasteiger partial charge in [0.1, 0.15) is 22.6 Å². The average molecular weight is 502 g/mol. The fourth-order valence-corrected chi connectivity index (χ4v) is 3.32. The minimum absolute atomic E-state index is 0.0177. The first kappa shape index (κ1) is 27.3. The van der Waals surface area contributed by atoms with Crippen molar-refractivity contribution >= 4 is 23.7 Å². The number of alkyl carbamates (subject to hydrolysis) is 1. The van der Waals surface area contributed by atoms with Gasteiger partial charge in [-0.15, -0.1) is 0 Å². The summed E-state index contributed by atoms with van der Waals surface area (Å²) in [5.41, 5.74) is -2.44. The summed E-state index contributed by atoms with van der Waals surface area (Å²) in [6.45, 7) is 6.42. The van der Waals surface area contributed by atoms with E-state index in [0.717, 1.165) is 12.1 Å². The summed E-state index contributed by atoms with van der Waals surface area (Å²) < 4.78 is 49.3. The molecule has 0 spiro atoms. The maximum absolute atomic E-state index is 12.9. The highest BCUT2D eigenvalue weighted by Gasteiger charge is 2.36. The molecule has 2 rings (SSSR count). The van der Waals surface area contributed by atoms with Crippen LogP contribution in [0.5, 0.6) is 11.5 Å². The molecule has 186 valence electrons. The van der Waals surface area contributed by atoms with Crippen LogP contribution in [-0.4, -0.2) is 28.3 Å². The second-order valence-electron chi connectivity index (χ2n) is 9.00. The Morgan fingerprint density at radius 2 is 1.68 bits per heavy atom. The number of nitrogens with one attached hydrogen (secondary N) is 1. The van der Waals surface area contributed by atoms with Crippen molar-refractivity contribution in [1.29, 1.82) is 0 Å². The molecule has 0 fully saturated rings. The Kier molecular flexibility index (Phi) is 8.47. The molecule has 10 heteroatoms. The second kappa shape index (κ2) is 10.5. The fraction of sp³-hybridized carbons (Fsp3) is 0.417. The molecular formula is C24H27ClF3NO5. The van der Waals surface area contributed by atoms with Crippen molar-refractivity contribution < 1.29 is 37.3 Å². The van der Waals surface area contributed by atoms with Gasteiger partial charge in [0.25, 0.3) is 0 Å². The molecule has 0 unspecified atom stereocenters. The zero-order chi connectivity index (χ0) is 25.7.